The Hall–Kier alpha value is -2.51. The Balaban J connectivity index is 1.74. The maximum Gasteiger partial charge on any atom is 0.257 e. The summed E-state index contributed by atoms with van der Waals surface area (Å²) in [4.78, 5) is 16.9. The number of hydrogen-bond acceptors (Lipinski definition) is 5. The largest absolute Gasteiger partial charge is 0.298 e. The van der Waals surface area contributed by atoms with Crippen LogP contribution < -0.4 is 5.32 Å². The van der Waals surface area contributed by atoms with Crippen LogP contribution in [0.15, 0.2) is 64.9 Å². The minimum atomic E-state index is -3.27. The normalized spacial score (nSPS) is 11.2. The van der Waals surface area contributed by atoms with Crippen molar-refractivity contribution in [3.63, 3.8) is 0 Å². The van der Waals surface area contributed by atoms with Crippen LogP contribution in [0.5, 0.6) is 0 Å². The summed E-state index contributed by atoms with van der Waals surface area (Å²) in [6.07, 6.45) is 0. The zero-order chi connectivity index (χ0) is 17.9. The highest BCUT2D eigenvalue weighted by Crippen LogP contribution is 2.25. The van der Waals surface area contributed by atoms with Crippen LogP contribution >= 0.6 is 11.3 Å². The zero-order valence-corrected chi connectivity index (χ0v) is 15.1. The molecule has 1 aromatic heterocycles. The molecule has 0 saturated heterocycles. The molecular formula is C18H16N2O3S2. The van der Waals surface area contributed by atoms with Crippen molar-refractivity contribution in [1.29, 1.82) is 0 Å². The molecular weight excluding hydrogens is 356 g/mol. The molecule has 25 heavy (non-hydrogen) atoms. The summed E-state index contributed by atoms with van der Waals surface area (Å²) in [6, 6.07) is 15.6. The standard InChI is InChI=1S/C18H16N2O3S2/c1-2-25(22,23)15-10-8-14(9-11-15)17(21)20-18-19-16(12-24-18)13-6-4-3-5-7-13/h3-12H,2H2,1H3,(H,19,20,21). The molecule has 3 rings (SSSR count). The summed E-state index contributed by atoms with van der Waals surface area (Å²) < 4.78 is 23.6. The van der Waals surface area contributed by atoms with Crippen molar-refractivity contribution >= 4 is 32.2 Å². The Morgan fingerprint density at radius 2 is 1.76 bits per heavy atom. The van der Waals surface area contributed by atoms with E-state index in [4.69, 9.17) is 0 Å². The van der Waals surface area contributed by atoms with E-state index in [9.17, 15) is 13.2 Å². The Kier molecular flexibility index (Phi) is 4.96. The van der Waals surface area contributed by atoms with Crippen molar-refractivity contribution in [1.82, 2.24) is 4.98 Å². The van der Waals surface area contributed by atoms with Gasteiger partial charge in [-0.3, -0.25) is 10.1 Å². The number of aromatic nitrogens is 1. The number of amides is 1. The van der Waals surface area contributed by atoms with Gasteiger partial charge in [-0.15, -0.1) is 11.3 Å². The summed E-state index contributed by atoms with van der Waals surface area (Å²) in [5.41, 5.74) is 2.16. The number of nitrogens with one attached hydrogen (secondary N) is 1. The maximum absolute atomic E-state index is 12.3. The smallest absolute Gasteiger partial charge is 0.257 e. The van der Waals surface area contributed by atoms with Gasteiger partial charge in [-0.25, -0.2) is 13.4 Å². The van der Waals surface area contributed by atoms with Crippen LogP contribution in [-0.4, -0.2) is 25.1 Å². The molecule has 0 aliphatic heterocycles. The number of sulfone groups is 1. The minimum absolute atomic E-state index is 0.0277. The molecule has 0 atom stereocenters. The topological polar surface area (TPSA) is 76.1 Å². The first kappa shape index (κ1) is 17.3. The van der Waals surface area contributed by atoms with Gasteiger partial charge in [0.15, 0.2) is 15.0 Å². The van der Waals surface area contributed by atoms with Gasteiger partial charge in [-0.1, -0.05) is 37.3 Å². The lowest BCUT2D eigenvalue weighted by Crippen LogP contribution is -2.12. The van der Waals surface area contributed by atoms with E-state index < -0.39 is 9.84 Å². The Bertz CT molecular complexity index is 979. The van der Waals surface area contributed by atoms with Crippen molar-refractivity contribution in [3.05, 3.63) is 65.5 Å². The van der Waals surface area contributed by atoms with Crippen molar-refractivity contribution in [2.75, 3.05) is 11.1 Å². The maximum atomic E-state index is 12.3. The summed E-state index contributed by atoms with van der Waals surface area (Å²) in [7, 11) is -3.27. The fraction of sp³-hybridized carbons (Fsp3) is 0.111. The van der Waals surface area contributed by atoms with E-state index >= 15 is 0 Å². The van der Waals surface area contributed by atoms with Gasteiger partial charge in [0.2, 0.25) is 0 Å². The fourth-order valence-corrected chi connectivity index (χ4v) is 3.82. The molecule has 1 N–H and O–H groups in total. The van der Waals surface area contributed by atoms with Crippen LogP contribution in [-0.2, 0) is 9.84 Å². The van der Waals surface area contributed by atoms with Crippen LogP contribution in [0.25, 0.3) is 11.3 Å². The van der Waals surface area contributed by atoms with Gasteiger partial charge in [-0.2, -0.15) is 0 Å². The monoisotopic (exact) mass is 372 g/mol. The van der Waals surface area contributed by atoms with Crippen LogP contribution in [0, 0.1) is 0 Å². The highest BCUT2D eigenvalue weighted by molar-refractivity contribution is 7.91. The lowest BCUT2D eigenvalue weighted by Gasteiger charge is -2.04. The molecule has 128 valence electrons. The molecule has 2 aromatic carbocycles. The second kappa shape index (κ2) is 7.16. The van der Waals surface area contributed by atoms with E-state index in [1.54, 1.807) is 6.92 Å². The second-order valence-corrected chi connectivity index (χ2v) is 8.42. The van der Waals surface area contributed by atoms with E-state index in [1.807, 2.05) is 35.7 Å². The lowest BCUT2D eigenvalue weighted by atomic mass is 10.2. The third-order valence-corrected chi connectivity index (χ3v) is 6.16. The summed E-state index contributed by atoms with van der Waals surface area (Å²) >= 11 is 1.34. The molecule has 0 radical (unpaired) electrons. The van der Waals surface area contributed by atoms with Crippen LogP contribution in [0.3, 0.4) is 0 Å². The van der Waals surface area contributed by atoms with Gasteiger partial charge in [0.1, 0.15) is 0 Å². The molecule has 3 aromatic rings. The molecule has 0 aliphatic rings. The number of benzene rings is 2. The predicted molar refractivity (Wildman–Crippen MR) is 99.7 cm³/mol. The SMILES string of the molecule is CCS(=O)(=O)c1ccc(C(=O)Nc2nc(-c3ccccc3)cs2)cc1. The van der Waals surface area contributed by atoms with Crippen molar-refractivity contribution in [2.45, 2.75) is 11.8 Å². The van der Waals surface area contributed by atoms with E-state index in [1.165, 1.54) is 35.6 Å². The zero-order valence-electron chi connectivity index (χ0n) is 13.5. The van der Waals surface area contributed by atoms with Gasteiger partial charge in [0.05, 0.1) is 16.3 Å². The van der Waals surface area contributed by atoms with Crippen LogP contribution in [0.1, 0.15) is 17.3 Å². The van der Waals surface area contributed by atoms with Crippen LogP contribution in [0.2, 0.25) is 0 Å². The Morgan fingerprint density at radius 3 is 2.40 bits per heavy atom. The van der Waals surface area contributed by atoms with Gasteiger partial charge in [-0.05, 0) is 24.3 Å². The average molecular weight is 372 g/mol. The number of hydrogen-bond donors (Lipinski definition) is 1. The van der Waals surface area contributed by atoms with E-state index in [0.717, 1.165) is 11.3 Å². The third-order valence-electron chi connectivity index (χ3n) is 3.65. The Labute approximate surface area is 150 Å². The van der Waals surface area contributed by atoms with Gasteiger partial charge >= 0.3 is 0 Å². The van der Waals surface area contributed by atoms with Gasteiger partial charge in [0.25, 0.3) is 5.91 Å². The van der Waals surface area contributed by atoms with Crippen molar-refractivity contribution < 1.29 is 13.2 Å². The molecule has 0 spiro atoms. The van der Waals surface area contributed by atoms with E-state index in [2.05, 4.69) is 10.3 Å². The van der Waals surface area contributed by atoms with Gasteiger partial charge < -0.3 is 0 Å². The number of carbonyl (C=O) groups excluding carboxylic acids is 1. The van der Waals surface area contributed by atoms with Crippen molar-refractivity contribution in [2.24, 2.45) is 0 Å². The first-order chi connectivity index (χ1) is 12.0. The molecule has 0 saturated carbocycles. The van der Waals surface area contributed by atoms with E-state index in [0.29, 0.717) is 10.7 Å². The molecule has 0 fully saturated rings. The molecule has 0 aliphatic carbocycles. The van der Waals surface area contributed by atoms with Crippen LogP contribution in [0.4, 0.5) is 5.13 Å². The Morgan fingerprint density at radius 1 is 1.08 bits per heavy atom. The summed E-state index contributed by atoms with van der Waals surface area (Å²) in [6.45, 7) is 1.59. The highest BCUT2D eigenvalue weighted by atomic mass is 32.2. The number of carbonyl (C=O) groups is 1. The molecule has 5 nitrogen and oxygen atoms in total. The predicted octanol–water partition coefficient (Wildman–Crippen LogP) is 3.86. The average Bonchev–Trinajstić information content (AvgIpc) is 3.11. The third kappa shape index (κ3) is 3.94. The number of nitrogens with zero attached hydrogens (tertiary/aromatic N) is 1. The van der Waals surface area contributed by atoms with Gasteiger partial charge in [0, 0.05) is 16.5 Å². The lowest BCUT2D eigenvalue weighted by molar-refractivity contribution is 0.102. The number of rotatable bonds is 5. The first-order valence-corrected chi connectivity index (χ1v) is 10.2. The van der Waals surface area contributed by atoms with Crippen molar-refractivity contribution in [3.8, 4) is 11.3 Å². The first-order valence-electron chi connectivity index (χ1n) is 7.65. The number of anilines is 1. The highest BCUT2D eigenvalue weighted by Gasteiger charge is 2.14. The molecule has 1 amide bonds. The number of thiazole rings is 1. The molecule has 7 heteroatoms. The summed E-state index contributed by atoms with van der Waals surface area (Å²) in [5.74, 6) is -0.297. The minimum Gasteiger partial charge on any atom is -0.298 e. The molecule has 0 bridgehead atoms. The van der Waals surface area contributed by atoms with E-state index in [-0.39, 0.29) is 16.6 Å². The fourth-order valence-electron chi connectivity index (χ4n) is 2.22. The molecule has 0 unspecified atom stereocenters. The quantitative estimate of drug-likeness (QED) is 0.738. The second-order valence-electron chi connectivity index (χ2n) is 5.29. The summed E-state index contributed by atoms with van der Waals surface area (Å²) in [5, 5.41) is 5.11. The molecule has 1 heterocycles.